The van der Waals surface area contributed by atoms with Gasteiger partial charge in [0.15, 0.2) is 0 Å². The van der Waals surface area contributed by atoms with Gasteiger partial charge in [-0.05, 0) is 18.1 Å². The molecule has 0 fully saturated rings. The minimum Gasteiger partial charge on any atom is -0.492 e. The molecule has 3 aromatic rings. The Morgan fingerprint density at radius 2 is 1.31 bits per heavy atom. The van der Waals surface area contributed by atoms with E-state index >= 15 is 0 Å². The van der Waals surface area contributed by atoms with Gasteiger partial charge in [0, 0.05) is 18.1 Å². The van der Waals surface area contributed by atoms with Crippen molar-refractivity contribution in [2.45, 2.75) is 18.9 Å². The lowest BCUT2D eigenvalue weighted by molar-refractivity contribution is 0.0100. The predicted octanol–water partition coefficient (Wildman–Crippen LogP) is 3.69. The van der Waals surface area contributed by atoms with Crippen molar-refractivity contribution in [2.24, 2.45) is 0 Å². The molecule has 0 saturated heterocycles. The lowest BCUT2D eigenvalue weighted by Crippen LogP contribution is -2.28. The Labute approximate surface area is 150 Å². The second-order valence-electron chi connectivity index (χ2n) is 5.81. The van der Waals surface area contributed by atoms with Gasteiger partial charge in [0.25, 0.3) is 0 Å². The van der Waals surface area contributed by atoms with Crippen LogP contribution < -0.4 is 4.84 Å². The van der Waals surface area contributed by atoms with Crippen LogP contribution in [0.5, 0.6) is 11.8 Å². The van der Waals surface area contributed by atoms with Crippen LogP contribution in [0.1, 0.15) is 24.0 Å². The Bertz CT molecular complexity index is 801. The average molecular weight is 353 g/mol. The second-order valence-corrected chi connectivity index (χ2v) is 5.81. The van der Waals surface area contributed by atoms with Crippen molar-refractivity contribution in [1.82, 2.24) is 4.73 Å². The molecule has 0 radical (unpaired) electrons. The fraction of sp³-hybridized carbons (Fsp3) is 0.150. The number of aromatic nitrogens is 1. The van der Waals surface area contributed by atoms with Crippen LogP contribution in [0.2, 0.25) is 0 Å². The Kier molecular flexibility index (Phi) is 5.12. The lowest BCUT2D eigenvalue weighted by Gasteiger charge is -2.24. The summed E-state index contributed by atoms with van der Waals surface area (Å²) in [6, 6.07) is 21.8. The molecular weight excluding hydrogens is 334 g/mol. The van der Waals surface area contributed by atoms with Gasteiger partial charge in [-0.25, -0.2) is 4.79 Å². The number of carbonyl (C=O) groups is 1. The highest BCUT2D eigenvalue weighted by atomic mass is 16.8. The highest BCUT2D eigenvalue weighted by molar-refractivity contribution is 5.61. The summed E-state index contributed by atoms with van der Waals surface area (Å²) >= 11 is 0. The van der Waals surface area contributed by atoms with Crippen molar-refractivity contribution in [2.75, 3.05) is 0 Å². The van der Waals surface area contributed by atoms with Gasteiger partial charge in [0.2, 0.25) is 11.8 Å². The highest BCUT2D eigenvalue weighted by Crippen LogP contribution is 2.30. The molecule has 6 heteroatoms. The second kappa shape index (κ2) is 7.65. The van der Waals surface area contributed by atoms with E-state index in [0.717, 1.165) is 11.1 Å². The number of aromatic hydroxyl groups is 2. The fourth-order valence-electron chi connectivity index (χ4n) is 2.87. The van der Waals surface area contributed by atoms with Gasteiger partial charge < -0.3 is 14.9 Å². The van der Waals surface area contributed by atoms with E-state index in [-0.39, 0.29) is 5.92 Å². The van der Waals surface area contributed by atoms with Crippen molar-refractivity contribution in [3.05, 3.63) is 83.9 Å². The molecule has 0 bridgehead atoms. The summed E-state index contributed by atoms with van der Waals surface area (Å²) in [7, 11) is 0. The molecule has 1 atom stereocenters. The third-order valence-corrected chi connectivity index (χ3v) is 4.03. The van der Waals surface area contributed by atoms with E-state index in [1.54, 1.807) is 6.92 Å². The molecule has 26 heavy (non-hydrogen) atoms. The Morgan fingerprint density at radius 3 is 1.77 bits per heavy atom. The van der Waals surface area contributed by atoms with Crippen molar-refractivity contribution in [3.8, 4) is 11.8 Å². The van der Waals surface area contributed by atoms with Gasteiger partial charge in [-0.2, -0.15) is 0 Å². The van der Waals surface area contributed by atoms with Crippen LogP contribution in [0.15, 0.2) is 72.8 Å². The quantitative estimate of drug-likeness (QED) is 0.684. The molecular formula is C20H19NO5. The molecule has 1 heterocycles. The third-order valence-electron chi connectivity index (χ3n) is 4.03. The third kappa shape index (κ3) is 3.80. The Balaban J connectivity index is 1.80. The van der Waals surface area contributed by atoms with Crippen molar-refractivity contribution in [3.63, 3.8) is 0 Å². The van der Waals surface area contributed by atoms with E-state index < -0.39 is 24.0 Å². The largest absolute Gasteiger partial charge is 0.534 e. The first-order chi connectivity index (χ1) is 12.6. The Hall–Kier alpha value is -3.41. The highest BCUT2D eigenvalue weighted by Gasteiger charge is 2.26. The minimum atomic E-state index is -1.03. The van der Waals surface area contributed by atoms with E-state index in [1.165, 1.54) is 12.1 Å². The molecule has 1 unspecified atom stereocenters. The van der Waals surface area contributed by atoms with E-state index in [9.17, 15) is 15.0 Å². The van der Waals surface area contributed by atoms with Crippen molar-refractivity contribution in [1.29, 1.82) is 0 Å². The van der Waals surface area contributed by atoms with Gasteiger partial charge in [-0.1, -0.05) is 60.7 Å². The van der Waals surface area contributed by atoms with Crippen LogP contribution in [0, 0.1) is 0 Å². The van der Waals surface area contributed by atoms with Gasteiger partial charge in [-0.15, -0.1) is 4.73 Å². The average Bonchev–Trinajstić information content (AvgIpc) is 2.95. The summed E-state index contributed by atoms with van der Waals surface area (Å²) in [5.41, 5.74) is 1.98. The van der Waals surface area contributed by atoms with Crippen LogP contribution >= 0.6 is 0 Å². The summed E-state index contributed by atoms with van der Waals surface area (Å²) in [5.74, 6) is -1.01. The molecule has 1 aromatic heterocycles. The van der Waals surface area contributed by atoms with E-state index in [4.69, 9.17) is 9.57 Å². The maximum atomic E-state index is 12.1. The molecule has 6 nitrogen and oxygen atoms in total. The van der Waals surface area contributed by atoms with Crippen LogP contribution in [0.3, 0.4) is 0 Å². The number of nitrogens with zero attached hydrogens (tertiary/aromatic N) is 1. The number of benzene rings is 2. The first-order valence-electron chi connectivity index (χ1n) is 8.15. The molecule has 0 aliphatic carbocycles. The first kappa shape index (κ1) is 17.4. The van der Waals surface area contributed by atoms with E-state index in [0.29, 0.717) is 4.73 Å². The van der Waals surface area contributed by atoms with Gasteiger partial charge in [0.1, 0.15) is 6.10 Å². The summed E-state index contributed by atoms with van der Waals surface area (Å²) < 4.78 is 5.99. The molecule has 2 aromatic carbocycles. The van der Waals surface area contributed by atoms with E-state index in [1.807, 2.05) is 60.7 Å². The first-order valence-corrected chi connectivity index (χ1v) is 8.15. The molecule has 0 spiro atoms. The zero-order valence-corrected chi connectivity index (χ0v) is 14.1. The van der Waals surface area contributed by atoms with Crippen molar-refractivity contribution >= 4 is 6.16 Å². The normalized spacial score (nSPS) is 11.9. The monoisotopic (exact) mass is 353 g/mol. The molecule has 134 valence electrons. The predicted molar refractivity (Wildman–Crippen MR) is 95.0 cm³/mol. The number of carbonyl (C=O) groups excluding carboxylic acids is 1. The van der Waals surface area contributed by atoms with Crippen LogP contribution in [-0.4, -0.2) is 27.2 Å². The topological polar surface area (TPSA) is 80.9 Å². The zero-order chi connectivity index (χ0) is 18.5. The minimum absolute atomic E-state index is 0.197. The molecule has 0 amide bonds. The molecule has 0 saturated carbocycles. The summed E-state index contributed by atoms with van der Waals surface area (Å²) in [5, 5.41) is 19.1. The van der Waals surface area contributed by atoms with Gasteiger partial charge >= 0.3 is 6.16 Å². The van der Waals surface area contributed by atoms with E-state index in [2.05, 4.69) is 0 Å². The van der Waals surface area contributed by atoms with Crippen molar-refractivity contribution < 1.29 is 24.6 Å². The summed E-state index contributed by atoms with van der Waals surface area (Å²) in [4.78, 5) is 17.0. The molecule has 3 rings (SSSR count). The standard InChI is InChI=1S/C20H19NO5/c1-14(25-20(24)26-21-17(22)12-13-18(21)23)19(15-8-4-2-5-9-15)16-10-6-3-7-11-16/h2-14,19,22-23H,1H3. The maximum absolute atomic E-state index is 12.1. The summed E-state index contributed by atoms with van der Waals surface area (Å²) in [6.07, 6.45) is -1.58. The number of rotatable bonds is 5. The maximum Gasteiger partial charge on any atom is 0.534 e. The smallest absolute Gasteiger partial charge is 0.492 e. The molecule has 0 aliphatic heterocycles. The summed E-state index contributed by atoms with van der Waals surface area (Å²) in [6.45, 7) is 1.77. The van der Waals surface area contributed by atoms with Crippen LogP contribution in [0.4, 0.5) is 4.79 Å². The van der Waals surface area contributed by atoms with Crippen LogP contribution in [-0.2, 0) is 4.74 Å². The zero-order valence-electron chi connectivity index (χ0n) is 14.1. The number of hydrogen-bond acceptors (Lipinski definition) is 5. The van der Waals surface area contributed by atoms with Gasteiger partial charge in [0.05, 0.1) is 0 Å². The van der Waals surface area contributed by atoms with Gasteiger partial charge in [-0.3, -0.25) is 4.84 Å². The Morgan fingerprint density at radius 1 is 0.846 bits per heavy atom. The lowest BCUT2D eigenvalue weighted by atomic mass is 9.87. The number of hydrogen-bond donors (Lipinski definition) is 2. The molecule has 2 N–H and O–H groups in total. The number of ether oxygens (including phenoxy) is 1. The SMILES string of the molecule is CC(OC(=O)On1c(O)ccc1O)C(c1ccccc1)c1ccccc1. The fourth-order valence-corrected chi connectivity index (χ4v) is 2.87. The molecule has 0 aliphatic rings. The van der Waals surface area contributed by atoms with Crippen LogP contribution in [0.25, 0.3) is 0 Å².